The standard InChI is InChI=1S/C27H21Br2O2P/c28-22-15-11-20(12-16-22)26(30)19-27(21-13-17-23(29)18-14-21)31-32(24-7-3-1-4-8-24)25-9-5-2-6-10-25/h1-18,27H,19H2/t27-/m0/s1. The molecule has 0 aliphatic carbocycles. The smallest absolute Gasteiger partial charge is 0.165 e. The molecule has 1 atom stereocenters. The van der Waals surface area contributed by atoms with Crippen LogP contribution in [0.25, 0.3) is 0 Å². The fourth-order valence-corrected chi connectivity index (χ4v) is 5.75. The Morgan fingerprint density at radius 3 is 1.66 bits per heavy atom. The Labute approximate surface area is 206 Å². The quantitative estimate of drug-likeness (QED) is 0.162. The number of hydrogen-bond donors (Lipinski definition) is 0. The minimum Gasteiger partial charge on any atom is -0.341 e. The topological polar surface area (TPSA) is 26.3 Å². The Balaban J connectivity index is 1.68. The Morgan fingerprint density at radius 1 is 0.688 bits per heavy atom. The molecular weight excluding hydrogens is 547 g/mol. The maximum Gasteiger partial charge on any atom is 0.165 e. The van der Waals surface area contributed by atoms with E-state index in [1.54, 1.807) is 0 Å². The van der Waals surface area contributed by atoms with Gasteiger partial charge in [-0.15, -0.1) is 0 Å². The molecule has 2 nitrogen and oxygen atoms in total. The molecule has 160 valence electrons. The van der Waals surface area contributed by atoms with Crippen molar-refractivity contribution < 1.29 is 9.32 Å². The number of carbonyl (C=O) groups is 1. The molecule has 32 heavy (non-hydrogen) atoms. The van der Waals surface area contributed by atoms with Crippen LogP contribution in [-0.4, -0.2) is 5.78 Å². The molecule has 4 aromatic carbocycles. The molecule has 0 aromatic heterocycles. The summed E-state index contributed by atoms with van der Waals surface area (Å²) in [6.07, 6.45) is -0.104. The number of rotatable bonds is 8. The third kappa shape index (κ3) is 6.02. The van der Waals surface area contributed by atoms with Crippen molar-refractivity contribution in [3.63, 3.8) is 0 Å². The number of carbonyl (C=O) groups excluding carboxylic acids is 1. The highest BCUT2D eigenvalue weighted by Gasteiger charge is 2.25. The van der Waals surface area contributed by atoms with Crippen molar-refractivity contribution in [1.82, 2.24) is 0 Å². The van der Waals surface area contributed by atoms with E-state index in [9.17, 15) is 4.79 Å². The lowest BCUT2D eigenvalue weighted by molar-refractivity contribution is 0.0920. The summed E-state index contributed by atoms with van der Waals surface area (Å²) in [4.78, 5) is 13.2. The largest absolute Gasteiger partial charge is 0.341 e. The predicted octanol–water partition coefficient (Wildman–Crippen LogP) is 7.59. The van der Waals surface area contributed by atoms with Crippen LogP contribution >= 0.6 is 40.0 Å². The van der Waals surface area contributed by atoms with Crippen molar-refractivity contribution in [2.75, 3.05) is 0 Å². The van der Waals surface area contributed by atoms with Gasteiger partial charge in [-0.1, -0.05) is 117 Å². The zero-order valence-electron chi connectivity index (χ0n) is 17.2. The molecule has 4 rings (SSSR count). The average molecular weight is 568 g/mol. The van der Waals surface area contributed by atoms with Crippen LogP contribution in [0.5, 0.6) is 0 Å². The summed E-state index contributed by atoms with van der Waals surface area (Å²) in [6.45, 7) is 0. The molecule has 0 aliphatic heterocycles. The van der Waals surface area contributed by atoms with E-state index >= 15 is 0 Å². The maximum atomic E-state index is 13.2. The highest BCUT2D eigenvalue weighted by atomic mass is 79.9. The van der Waals surface area contributed by atoms with Crippen LogP contribution in [0.3, 0.4) is 0 Å². The van der Waals surface area contributed by atoms with Crippen LogP contribution in [0.2, 0.25) is 0 Å². The van der Waals surface area contributed by atoms with E-state index < -0.39 is 8.15 Å². The van der Waals surface area contributed by atoms with Gasteiger partial charge in [-0.2, -0.15) is 0 Å². The first kappa shape index (κ1) is 23.1. The molecule has 5 heteroatoms. The Bertz CT molecular complexity index is 1110. The van der Waals surface area contributed by atoms with Crippen molar-refractivity contribution in [2.45, 2.75) is 12.5 Å². The van der Waals surface area contributed by atoms with E-state index in [0.717, 1.165) is 25.1 Å². The van der Waals surface area contributed by atoms with Gasteiger partial charge in [0.15, 0.2) is 5.78 Å². The van der Waals surface area contributed by atoms with E-state index in [1.807, 2.05) is 84.9 Å². The normalized spacial score (nSPS) is 12.0. The van der Waals surface area contributed by atoms with Crippen LogP contribution in [0.15, 0.2) is 118 Å². The van der Waals surface area contributed by atoms with Gasteiger partial charge in [-0.25, -0.2) is 0 Å². The summed E-state index contributed by atoms with van der Waals surface area (Å²) in [5, 5.41) is 2.24. The van der Waals surface area contributed by atoms with Crippen molar-refractivity contribution in [3.8, 4) is 0 Å². The second kappa shape index (κ2) is 11.2. The van der Waals surface area contributed by atoms with E-state index in [0.29, 0.717) is 5.56 Å². The van der Waals surface area contributed by atoms with Crippen molar-refractivity contribution in [1.29, 1.82) is 0 Å². The Hall–Kier alpha value is -2.10. The van der Waals surface area contributed by atoms with Crippen molar-refractivity contribution >= 4 is 56.4 Å². The number of benzene rings is 4. The van der Waals surface area contributed by atoms with Crippen LogP contribution in [0.4, 0.5) is 0 Å². The monoisotopic (exact) mass is 566 g/mol. The Morgan fingerprint density at radius 2 is 1.16 bits per heavy atom. The highest BCUT2D eigenvalue weighted by Crippen LogP contribution is 2.42. The van der Waals surface area contributed by atoms with Crippen LogP contribution < -0.4 is 10.6 Å². The second-order valence-corrected chi connectivity index (χ2v) is 10.9. The summed E-state index contributed by atoms with van der Waals surface area (Å²) in [5.74, 6) is 0.0569. The Kier molecular flexibility index (Phi) is 8.05. The summed E-state index contributed by atoms with van der Waals surface area (Å²) in [5.41, 5.74) is 1.67. The zero-order valence-corrected chi connectivity index (χ0v) is 21.3. The molecule has 0 aliphatic rings. The number of hydrogen-bond acceptors (Lipinski definition) is 2. The molecule has 0 saturated heterocycles. The molecule has 4 aromatic rings. The molecule has 0 heterocycles. The van der Waals surface area contributed by atoms with E-state index in [-0.39, 0.29) is 18.3 Å². The predicted molar refractivity (Wildman–Crippen MR) is 140 cm³/mol. The second-order valence-electron chi connectivity index (χ2n) is 7.25. The first-order valence-corrected chi connectivity index (χ1v) is 13.1. The molecule has 0 N–H and O–H groups in total. The third-order valence-corrected chi connectivity index (χ3v) is 8.05. The summed E-state index contributed by atoms with van der Waals surface area (Å²) in [7, 11) is -1.10. The molecule has 0 spiro atoms. The van der Waals surface area contributed by atoms with Gasteiger partial charge >= 0.3 is 0 Å². The van der Waals surface area contributed by atoms with E-state index in [2.05, 4.69) is 56.1 Å². The molecule has 0 bridgehead atoms. The van der Waals surface area contributed by atoms with Crippen molar-refractivity contribution in [2.24, 2.45) is 0 Å². The van der Waals surface area contributed by atoms with Crippen LogP contribution in [0.1, 0.15) is 28.4 Å². The minimum atomic E-state index is -1.10. The van der Waals surface area contributed by atoms with E-state index in [1.165, 1.54) is 0 Å². The molecule has 0 amide bonds. The maximum absolute atomic E-state index is 13.2. The van der Waals surface area contributed by atoms with Gasteiger partial charge in [0.2, 0.25) is 0 Å². The van der Waals surface area contributed by atoms with Gasteiger partial charge in [0.1, 0.15) is 0 Å². The molecule has 0 saturated carbocycles. The first-order valence-electron chi connectivity index (χ1n) is 10.2. The van der Waals surface area contributed by atoms with Crippen LogP contribution in [0, 0.1) is 0 Å². The van der Waals surface area contributed by atoms with Crippen LogP contribution in [-0.2, 0) is 4.52 Å². The lowest BCUT2D eigenvalue weighted by Crippen LogP contribution is -2.18. The average Bonchev–Trinajstić information content (AvgIpc) is 2.83. The van der Waals surface area contributed by atoms with Gasteiger partial charge in [0.25, 0.3) is 0 Å². The van der Waals surface area contributed by atoms with Gasteiger partial charge in [-0.05, 0) is 29.8 Å². The fourth-order valence-electron chi connectivity index (χ4n) is 3.34. The summed E-state index contributed by atoms with van der Waals surface area (Å²) < 4.78 is 8.73. The SMILES string of the molecule is O=C(C[C@H](OP(c1ccccc1)c1ccccc1)c1ccc(Br)cc1)c1ccc(Br)cc1. The zero-order chi connectivity index (χ0) is 22.3. The molecule has 0 fully saturated rings. The lowest BCUT2D eigenvalue weighted by atomic mass is 10.0. The number of Topliss-reactive ketones (excluding diaryl/α,β-unsaturated/α-hetero) is 1. The van der Waals surface area contributed by atoms with E-state index in [4.69, 9.17) is 4.52 Å². The van der Waals surface area contributed by atoms with Gasteiger partial charge in [0.05, 0.1) is 14.3 Å². The number of ketones is 1. The van der Waals surface area contributed by atoms with Gasteiger partial charge in [0, 0.05) is 31.5 Å². The highest BCUT2D eigenvalue weighted by molar-refractivity contribution is 9.10. The molecule has 0 radical (unpaired) electrons. The first-order chi connectivity index (χ1) is 15.6. The molecular formula is C27H21Br2O2P. The van der Waals surface area contributed by atoms with Crippen molar-refractivity contribution in [3.05, 3.63) is 129 Å². The molecule has 0 unspecified atom stereocenters. The minimum absolute atomic E-state index is 0.0569. The summed E-state index contributed by atoms with van der Waals surface area (Å²) >= 11 is 6.94. The fraction of sp³-hybridized carbons (Fsp3) is 0.0741. The lowest BCUT2D eigenvalue weighted by Gasteiger charge is -2.25. The van der Waals surface area contributed by atoms with Gasteiger partial charge in [-0.3, -0.25) is 4.79 Å². The van der Waals surface area contributed by atoms with Gasteiger partial charge < -0.3 is 4.52 Å². The third-order valence-electron chi connectivity index (χ3n) is 4.99. The summed E-state index contributed by atoms with van der Waals surface area (Å²) in [6, 6.07) is 36.0. The number of halogens is 2.